The fourth-order valence-corrected chi connectivity index (χ4v) is 1.68. The number of amides is 1. The Kier molecular flexibility index (Phi) is 4.13. The highest BCUT2D eigenvalue weighted by Crippen LogP contribution is 2.18. The van der Waals surface area contributed by atoms with Gasteiger partial charge in [0.2, 0.25) is 5.88 Å². The second kappa shape index (κ2) is 6.18. The van der Waals surface area contributed by atoms with Gasteiger partial charge in [-0.2, -0.15) is 5.26 Å². The Morgan fingerprint density at radius 2 is 2.14 bits per heavy atom. The number of rotatable bonds is 3. The van der Waals surface area contributed by atoms with E-state index in [9.17, 15) is 4.79 Å². The summed E-state index contributed by atoms with van der Waals surface area (Å²) in [6, 6.07) is 6.65. The first-order valence-corrected chi connectivity index (χ1v) is 5.85. The summed E-state index contributed by atoms with van der Waals surface area (Å²) >= 11 is 0. The van der Waals surface area contributed by atoms with Gasteiger partial charge in [0.15, 0.2) is 0 Å². The van der Waals surface area contributed by atoms with Crippen LogP contribution in [0.4, 0.5) is 5.69 Å². The first-order chi connectivity index (χ1) is 10.2. The summed E-state index contributed by atoms with van der Waals surface area (Å²) < 4.78 is 5.00. The molecular weight excluding hydrogens is 268 g/mol. The highest BCUT2D eigenvalue weighted by Gasteiger charge is 2.14. The molecule has 0 fully saturated rings. The molecule has 0 atom stereocenters. The smallest absolute Gasteiger partial charge is 0.262 e. The summed E-state index contributed by atoms with van der Waals surface area (Å²) in [4.78, 5) is 19.8. The maximum absolute atomic E-state index is 12.2. The zero-order valence-corrected chi connectivity index (χ0v) is 11.1. The number of anilines is 1. The number of methoxy groups -OCH3 is 1. The lowest BCUT2D eigenvalue weighted by Crippen LogP contribution is -2.14. The summed E-state index contributed by atoms with van der Waals surface area (Å²) in [6.45, 7) is 0. The Balaban J connectivity index is 2.32. The van der Waals surface area contributed by atoms with Crippen LogP contribution in [0.1, 0.15) is 21.5 Å². The second-order valence-electron chi connectivity index (χ2n) is 3.95. The minimum absolute atomic E-state index is 0.163. The zero-order chi connectivity index (χ0) is 15.2. The molecule has 21 heavy (non-hydrogen) atoms. The molecule has 1 aromatic carbocycles. The van der Waals surface area contributed by atoms with E-state index in [1.54, 1.807) is 12.1 Å². The van der Waals surface area contributed by atoms with Gasteiger partial charge in [-0.05, 0) is 18.2 Å². The molecule has 1 aromatic heterocycles. The topological polar surface area (TPSA) is 87.9 Å². The Labute approximate surface area is 121 Å². The van der Waals surface area contributed by atoms with Crippen LogP contribution in [-0.2, 0) is 0 Å². The molecule has 0 unspecified atom stereocenters. The Hall–Kier alpha value is -3.38. The zero-order valence-electron chi connectivity index (χ0n) is 11.1. The van der Waals surface area contributed by atoms with E-state index in [1.807, 2.05) is 6.07 Å². The number of hydrogen-bond donors (Lipinski definition) is 1. The second-order valence-corrected chi connectivity index (χ2v) is 3.95. The molecule has 1 N–H and O–H groups in total. The number of carbonyl (C=O) groups excluding carboxylic acids is 1. The van der Waals surface area contributed by atoms with Gasteiger partial charge >= 0.3 is 0 Å². The third kappa shape index (κ3) is 3.14. The van der Waals surface area contributed by atoms with Crippen molar-refractivity contribution in [2.24, 2.45) is 0 Å². The van der Waals surface area contributed by atoms with Crippen molar-refractivity contribution >= 4 is 11.6 Å². The van der Waals surface area contributed by atoms with E-state index in [-0.39, 0.29) is 11.4 Å². The summed E-state index contributed by atoms with van der Waals surface area (Å²) in [5.74, 6) is 2.14. The molecule has 0 radical (unpaired) electrons. The number of hydrogen-bond acceptors (Lipinski definition) is 5. The average molecular weight is 278 g/mol. The summed E-state index contributed by atoms with van der Waals surface area (Å²) in [6.07, 6.45) is 7.94. The fourth-order valence-electron chi connectivity index (χ4n) is 1.68. The molecule has 6 heteroatoms. The van der Waals surface area contributed by atoms with Crippen LogP contribution < -0.4 is 10.1 Å². The van der Waals surface area contributed by atoms with Crippen LogP contribution >= 0.6 is 0 Å². The van der Waals surface area contributed by atoms with E-state index in [0.29, 0.717) is 16.8 Å². The number of carbonyl (C=O) groups is 1. The Bertz CT molecular complexity index is 740. The molecule has 0 bridgehead atoms. The molecule has 2 rings (SSSR count). The van der Waals surface area contributed by atoms with Crippen LogP contribution in [0.25, 0.3) is 0 Å². The molecule has 2 aromatic rings. The van der Waals surface area contributed by atoms with Crippen molar-refractivity contribution in [3.63, 3.8) is 0 Å². The van der Waals surface area contributed by atoms with E-state index in [0.717, 1.165) is 0 Å². The number of nitrogens with one attached hydrogen (secondary N) is 1. The molecule has 6 nitrogen and oxygen atoms in total. The van der Waals surface area contributed by atoms with Crippen LogP contribution in [0.5, 0.6) is 5.88 Å². The van der Waals surface area contributed by atoms with Gasteiger partial charge < -0.3 is 10.1 Å². The largest absolute Gasteiger partial charge is 0.480 e. The van der Waals surface area contributed by atoms with Crippen molar-refractivity contribution in [3.05, 3.63) is 47.4 Å². The lowest BCUT2D eigenvalue weighted by atomic mass is 10.1. The molecule has 0 aliphatic carbocycles. The summed E-state index contributed by atoms with van der Waals surface area (Å²) in [5.41, 5.74) is 1.46. The molecule has 0 spiro atoms. The van der Waals surface area contributed by atoms with E-state index in [1.165, 1.54) is 25.7 Å². The molecule has 0 saturated carbocycles. The van der Waals surface area contributed by atoms with E-state index in [2.05, 4.69) is 21.2 Å². The van der Waals surface area contributed by atoms with Crippen molar-refractivity contribution in [3.8, 4) is 24.3 Å². The maximum atomic E-state index is 12.2. The predicted octanol–water partition coefficient (Wildman–Crippen LogP) is 1.59. The fraction of sp³-hybridized carbons (Fsp3) is 0.0667. The maximum Gasteiger partial charge on any atom is 0.262 e. The lowest BCUT2D eigenvalue weighted by Gasteiger charge is -2.08. The number of benzene rings is 1. The van der Waals surface area contributed by atoms with Gasteiger partial charge in [-0.1, -0.05) is 5.92 Å². The van der Waals surface area contributed by atoms with Gasteiger partial charge in [0.1, 0.15) is 11.9 Å². The van der Waals surface area contributed by atoms with Crippen molar-refractivity contribution in [1.82, 2.24) is 9.97 Å². The Morgan fingerprint density at radius 1 is 1.38 bits per heavy atom. The Morgan fingerprint density at radius 3 is 2.81 bits per heavy atom. The van der Waals surface area contributed by atoms with Crippen molar-refractivity contribution < 1.29 is 9.53 Å². The summed E-state index contributed by atoms with van der Waals surface area (Å²) in [7, 11) is 1.41. The van der Waals surface area contributed by atoms with Crippen LogP contribution in [0.15, 0.2) is 30.7 Å². The minimum atomic E-state index is -0.453. The van der Waals surface area contributed by atoms with E-state index >= 15 is 0 Å². The highest BCUT2D eigenvalue weighted by molar-refractivity contribution is 6.05. The van der Waals surface area contributed by atoms with Crippen molar-refractivity contribution in [2.45, 2.75) is 0 Å². The molecule has 0 saturated heterocycles. The molecule has 1 heterocycles. The molecule has 0 aliphatic heterocycles. The standard InChI is InChI=1S/C15H10N4O2/c1-3-10-4-11(7-16)6-12(5-10)19-14(20)13-8-17-9-18-15(13)21-2/h1,4-6,8-9H,2H3,(H,19,20). The van der Waals surface area contributed by atoms with Gasteiger partial charge in [-0.25, -0.2) is 9.97 Å². The predicted molar refractivity (Wildman–Crippen MR) is 75.6 cm³/mol. The number of ether oxygens (including phenoxy) is 1. The van der Waals surface area contributed by atoms with E-state index < -0.39 is 5.91 Å². The van der Waals surface area contributed by atoms with Crippen LogP contribution in [0.3, 0.4) is 0 Å². The number of aromatic nitrogens is 2. The lowest BCUT2D eigenvalue weighted by molar-refractivity contribution is 0.102. The van der Waals surface area contributed by atoms with Crippen LogP contribution in [0, 0.1) is 23.7 Å². The minimum Gasteiger partial charge on any atom is -0.480 e. The molecule has 0 aliphatic rings. The first-order valence-electron chi connectivity index (χ1n) is 5.85. The number of terminal acetylenes is 1. The van der Waals surface area contributed by atoms with E-state index in [4.69, 9.17) is 16.4 Å². The van der Waals surface area contributed by atoms with Gasteiger partial charge in [-0.3, -0.25) is 4.79 Å². The van der Waals surface area contributed by atoms with Crippen molar-refractivity contribution in [2.75, 3.05) is 12.4 Å². The third-order valence-corrected chi connectivity index (χ3v) is 2.60. The number of nitriles is 1. The normalized spacial score (nSPS) is 9.29. The number of nitrogens with zero attached hydrogens (tertiary/aromatic N) is 3. The first kappa shape index (κ1) is 14.0. The summed E-state index contributed by atoms with van der Waals surface area (Å²) in [5, 5.41) is 11.6. The molecule has 102 valence electrons. The SMILES string of the molecule is C#Cc1cc(C#N)cc(NC(=O)c2cncnc2OC)c1. The average Bonchev–Trinajstić information content (AvgIpc) is 2.54. The van der Waals surface area contributed by atoms with Crippen molar-refractivity contribution in [1.29, 1.82) is 5.26 Å². The van der Waals surface area contributed by atoms with Crippen LogP contribution in [0.2, 0.25) is 0 Å². The van der Waals surface area contributed by atoms with Gasteiger partial charge in [0.25, 0.3) is 5.91 Å². The van der Waals surface area contributed by atoms with Gasteiger partial charge in [0.05, 0.1) is 18.7 Å². The molecule has 1 amide bonds. The highest BCUT2D eigenvalue weighted by atomic mass is 16.5. The molecular formula is C15H10N4O2. The van der Waals surface area contributed by atoms with Gasteiger partial charge in [0, 0.05) is 17.4 Å². The third-order valence-electron chi connectivity index (χ3n) is 2.60. The van der Waals surface area contributed by atoms with Crippen LogP contribution in [-0.4, -0.2) is 23.0 Å². The van der Waals surface area contributed by atoms with Gasteiger partial charge in [-0.15, -0.1) is 6.42 Å². The quantitative estimate of drug-likeness (QED) is 0.861. The monoisotopic (exact) mass is 278 g/mol.